The molecular formula is C27H22ClN4NaO3S. The van der Waals surface area contributed by atoms with Gasteiger partial charge in [0.05, 0.1) is 11.4 Å². The van der Waals surface area contributed by atoms with Crippen molar-refractivity contribution in [2.24, 2.45) is 0 Å². The number of fused-ring (bicyclic) bond motifs is 1. The molecule has 1 N–H and O–H groups in total. The second kappa shape index (κ2) is 11.2. The fourth-order valence-electron chi connectivity index (χ4n) is 3.92. The van der Waals surface area contributed by atoms with E-state index in [1.165, 1.54) is 18.2 Å². The third-order valence-electron chi connectivity index (χ3n) is 5.78. The molecule has 182 valence electrons. The van der Waals surface area contributed by atoms with Crippen molar-refractivity contribution in [1.82, 2.24) is 19.3 Å². The molecule has 37 heavy (non-hydrogen) atoms. The van der Waals surface area contributed by atoms with Gasteiger partial charge in [-0.15, -0.1) is 0 Å². The van der Waals surface area contributed by atoms with Crippen LogP contribution in [0.25, 0.3) is 22.3 Å². The summed E-state index contributed by atoms with van der Waals surface area (Å²) in [6.07, 6.45) is 0. The first-order valence-corrected chi connectivity index (χ1v) is 13.0. The Kier molecular flexibility index (Phi) is 8.16. The molecule has 2 aromatic heterocycles. The molecule has 2 heterocycles. The average molecular weight is 541 g/mol. The summed E-state index contributed by atoms with van der Waals surface area (Å²) in [6.45, 7) is 2.23. The summed E-state index contributed by atoms with van der Waals surface area (Å²) in [7, 11) is -4.03. The molecule has 0 unspecified atom stereocenters. The number of sulfonamides is 1. The Morgan fingerprint density at radius 3 is 2.27 bits per heavy atom. The molecule has 0 aliphatic heterocycles. The van der Waals surface area contributed by atoms with E-state index in [2.05, 4.69) is 14.7 Å². The zero-order valence-corrected chi connectivity index (χ0v) is 23.8. The van der Waals surface area contributed by atoms with Crippen LogP contribution in [-0.4, -0.2) is 28.9 Å². The number of halogens is 1. The zero-order chi connectivity index (χ0) is 25.3. The average Bonchev–Trinajstić information content (AvgIpc) is 3.20. The summed E-state index contributed by atoms with van der Waals surface area (Å²) >= 11 is 6.63. The predicted octanol–water partition coefficient (Wildman–Crippen LogP) is 2.34. The van der Waals surface area contributed by atoms with Gasteiger partial charge < -0.3 is 5.99 Å². The van der Waals surface area contributed by atoms with Crippen LogP contribution in [0.1, 0.15) is 23.3 Å². The second-order valence-electron chi connectivity index (χ2n) is 8.20. The van der Waals surface area contributed by atoms with Gasteiger partial charge in [-0.05, 0) is 53.9 Å². The van der Waals surface area contributed by atoms with E-state index >= 15 is 0 Å². The number of hydrogen-bond acceptors (Lipinski definition) is 5. The smallest absolute Gasteiger partial charge is 1.00 e. The topological polar surface area (TPSA) is 93.9 Å². The number of pyridine rings is 1. The molecule has 0 atom stereocenters. The van der Waals surface area contributed by atoms with Crippen LogP contribution in [0.3, 0.4) is 0 Å². The van der Waals surface area contributed by atoms with Crippen LogP contribution >= 0.6 is 11.6 Å². The van der Waals surface area contributed by atoms with Crippen LogP contribution in [0.4, 0.5) is 0 Å². The van der Waals surface area contributed by atoms with Gasteiger partial charge in [0, 0.05) is 5.02 Å². The molecule has 3 aromatic carbocycles. The molecule has 1 amide bonds. The summed E-state index contributed by atoms with van der Waals surface area (Å²) in [5.41, 5.74) is 3.95. The Bertz CT molecular complexity index is 1700. The Morgan fingerprint density at radius 2 is 1.59 bits per heavy atom. The number of aromatic nitrogens is 3. The molecule has 0 saturated heterocycles. The zero-order valence-electron chi connectivity index (χ0n) is 21.2. The minimum Gasteiger partial charge on any atom is -1.00 e. The Balaban J connectivity index is 0.00000200. The number of nitrogens with zero attached hydrogens (tertiary/aromatic N) is 3. The van der Waals surface area contributed by atoms with Crippen LogP contribution in [0.2, 0.25) is 5.02 Å². The molecule has 5 rings (SSSR count). The van der Waals surface area contributed by atoms with Crippen molar-refractivity contribution < 1.29 is 44.2 Å². The fraction of sp³-hybridized carbons (Fsp3) is 0.0741. The van der Waals surface area contributed by atoms with Gasteiger partial charge >= 0.3 is 29.6 Å². The first-order valence-electron chi connectivity index (χ1n) is 11.1. The van der Waals surface area contributed by atoms with E-state index in [1.54, 1.807) is 24.3 Å². The van der Waals surface area contributed by atoms with E-state index in [4.69, 9.17) is 11.6 Å². The fourth-order valence-corrected chi connectivity index (χ4v) is 5.14. The van der Waals surface area contributed by atoms with Crippen molar-refractivity contribution in [3.05, 3.63) is 113 Å². The van der Waals surface area contributed by atoms with Crippen molar-refractivity contribution in [3.8, 4) is 11.1 Å². The molecule has 0 saturated carbocycles. The number of imidazole rings is 1. The number of hydrogen-bond donors (Lipinski definition) is 1. The van der Waals surface area contributed by atoms with Crippen molar-refractivity contribution in [3.63, 3.8) is 0 Å². The van der Waals surface area contributed by atoms with E-state index in [0.717, 1.165) is 16.7 Å². The van der Waals surface area contributed by atoms with Gasteiger partial charge in [-0.2, -0.15) is 0 Å². The molecule has 10 heteroatoms. The number of amides is 1. The van der Waals surface area contributed by atoms with Gasteiger partial charge in [-0.3, -0.25) is 4.79 Å². The monoisotopic (exact) mass is 540 g/mol. The van der Waals surface area contributed by atoms with Gasteiger partial charge in [-0.1, -0.05) is 72.3 Å². The standard InChI is InChI=1S/C27H21ClN4O3S.Na.H/c1-18-29-24-14-15-25(27(33)31-36(34,35)22-10-6-3-7-11-22)30-26(24)32(18)17-21-13-12-20(16-23(21)28)19-8-4-2-5-9-19;;/h2-16H,17H2,1H3,(H,31,33);;/q;+1;-1. The van der Waals surface area contributed by atoms with Crippen LogP contribution in [0.5, 0.6) is 0 Å². The first kappa shape index (κ1) is 27.0. The quantitative estimate of drug-likeness (QED) is 0.334. The normalized spacial score (nSPS) is 11.2. The first-order chi connectivity index (χ1) is 17.3. The molecule has 0 radical (unpaired) electrons. The van der Waals surface area contributed by atoms with Crippen LogP contribution in [0.15, 0.2) is 95.9 Å². The SMILES string of the molecule is Cc1nc2ccc(C(=O)NS(=O)(=O)c3ccccc3)nc2n1Cc1ccc(-c2ccccc2)cc1Cl.[H-].[Na+]. The Labute approximate surface area is 243 Å². The number of carbonyl (C=O) groups is 1. The van der Waals surface area contributed by atoms with E-state index in [0.29, 0.717) is 28.6 Å². The van der Waals surface area contributed by atoms with Crippen LogP contribution in [0, 0.1) is 6.92 Å². The van der Waals surface area contributed by atoms with E-state index in [1.807, 2.05) is 60.0 Å². The summed E-state index contributed by atoms with van der Waals surface area (Å²) in [5.74, 6) is -0.133. The number of rotatable bonds is 6. The predicted molar refractivity (Wildman–Crippen MR) is 140 cm³/mol. The van der Waals surface area contributed by atoms with Gasteiger partial charge in [0.2, 0.25) is 0 Å². The van der Waals surface area contributed by atoms with Gasteiger partial charge in [0.25, 0.3) is 15.9 Å². The molecular weight excluding hydrogens is 519 g/mol. The molecule has 0 aliphatic rings. The molecule has 0 spiro atoms. The van der Waals surface area contributed by atoms with Gasteiger partial charge in [0.15, 0.2) is 5.65 Å². The maximum atomic E-state index is 12.8. The molecule has 0 aliphatic carbocycles. The van der Waals surface area contributed by atoms with Gasteiger partial charge in [0.1, 0.15) is 17.0 Å². The molecule has 0 fully saturated rings. The van der Waals surface area contributed by atoms with Crippen molar-refractivity contribution in [2.45, 2.75) is 18.4 Å². The maximum Gasteiger partial charge on any atom is 1.00 e. The maximum absolute atomic E-state index is 12.8. The van der Waals surface area contributed by atoms with E-state index in [9.17, 15) is 13.2 Å². The number of aryl methyl sites for hydroxylation is 1. The van der Waals surface area contributed by atoms with Crippen LogP contribution in [-0.2, 0) is 16.6 Å². The van der Waals surface area contributed by atoms with E-state index < -0.39 is 15.9 Å². The largest absolute Gasteiger partial charge is 1.00 e. The van der Waals surface area contributed by atoms with Crippen molar-refractivity contribution >= 4 is 38.7 Å². The molecule has 0 bridgehead atoms. The summed E-state index contributed by atoms with van der Waals surface area (Å²) in [6, 6.07) is 26.6. The number of nitrogens with one attached hydrogen (secondary N) is 1. The van der Waals surface area contributed by atoms with E-state index in [-0.39, 0.29) is 41.6 Å². The van der Waals surface area contributed by atoms with Crippen molar-refractivity contribution in [1.29, 1.82) is 0 Å². The Morgan fingerprint density at radius 1 is 0.919 bits per heavy atom. The number of carbonyl (C=O) groups excluding carboxylic acids is 1. The van der Waals surface area contributed by atoms with Crippen molar-refractivity contribution in [2.75, 3.05) is 0 Å². The third-order valence-corrected chi connectivity index (χ3v) is 7.48. The summed E-state index contributed by atoms with van der Waals surface area (Å²) in [5, 5.41) is 0.598. The number of benzene rings is 3. The van der Waals surface area contributed by atoms with Gasteiger partial charge in [-0.25, -0.2) is 23.1 Å². The Hall–Kier alpha value is -3.01. The molecule has 7 nitrogen and oxygen atoms in total. The third kappa shape index (κ3) is 5.79. The van der Waals surface area contributed by atoms with Crippen LogP contribution < -0.4 is 34.3 Å². The molecule has 5 aromatic rings. The minimum absolute atomic E-state index is 0. The second-order valence-corrected chi connectivity index (χ2v) is 10.3. The summed E-state index contributed by atoms with van der Waals surface area (Å²) in [4.78, 5) is 21.8. The summed E-state index contributed by atoms with van der Waals surface area (Å²) < 4.78 is 29.1. The minimum atomic E-state index is -4.03.